The summed E-state index contributed by atoms with van der Waals surface area (Å²) in [4.78, 5) is 6.86. The molecule has 4 nitrogen and oxygen atoms in total. The molecule has 0 aliphatic carbocycles. The molecule has 3 aliphatic heterocycles. The van der Waals surface area contributed by atoms with Gasteiger partial charge in [-0.15, -0.1) is 6.58 Å². The summed E-state index contributed by atoms with van der Waals surface area (Å²) in [5.74, 6) is 2.01. The maximum atomic E-state index is 11.2. The fraction of sp³-hybridized carbons (Fsp3) is 0.450. The van der Waals surface area contributed by atoms with Gasteiger partial charge in [0.1, 0.15) is 5.75 Å². The highest BCUT2D eigenvalue weighted by molar-refractivity contribution is 5.83. The first-order chi connectivity index (χ1) is 11.7. The summed E-state index contributed by atoms with van der Waals surface area (Å²) < 4.78 is 5.35. The van der Waals surface area contributed by atoms with E-state index in [9.17, 15) is 5.11 Å². The number of fused-ring (bicyclic) bond motifs is 4. The molecule has 3 saturated heterocycles. The van der Waals surface area contributed by atoms with Crippen LogP contribution in [0.25, 0.3) is 10.9 Å². The second-order valence-electron chi connectivity index (χ2n) is 6.97. The highest BCUT2D eigenvalue weighted by atomic mass is 16.5. The van der Waals surface area contributed by atoms with E-state index in [4.69, 9.17) is 4.74 Å². The van der Waals surface area contributed by atoms with E-state index < -0.39 is 6.10 Å². The molecular weight excluding hydrogens is 300 g/mol. The van der Waals surface area contributed by atoms with Crippen LogP contribution in [0.3, 0.4) is 0 Å². The standard InChI is InChI=1S/C20H24N2O2/c1-3-13-12-22-9-7-14(13)10-19(22)20(23)16-6-8-21-18-5-4-15(24-2)11-17(16)18/h3-6,8,11,13-14,19-20,23H,1,7,9-10,12H2,2H3/t13-,14?,19-,20?/m1/s1. The van der Waals surface area contributed by atoms with Gasteiger partial charge in [-0.05, 0) is 61.1 Å². The largest absolute Gasteiger partial charge is 0.497 e. The number of hydrogen-bond acceptors (Lipinski definition) is 4. The Bertz CT molecular complexity index is 760. The zero-order valence-corrected chi connectivity index (χ0v) is 14.1. The normalized spacial score (nSPS) is 30.2. The average Bonchev–Trinajstić information content (AvgIpc) is 2.66. The number of benzene rings is 1. The average molecular weight is 324 g/mol. The summed E-state index contributed by atoms with van der Waals surface area (Å²) in [7, 11) is 1.66. The first-order valence-electron chi connectivity index (χ1n) is 8.68. The predicted octanol–water partition coefficient (Wildman–Crippen LogP) is 3.17. The van der Waals surface area contributed by atoms with E-state index in [1.165, 1.54) is 6.42 Å². The van der Waals surface area contributed by atoms with Crippen molar-refractivity contribution < 1.29 is 9.84 Å². The number of methoxy groups -OCH3 is 1. The number of pyridine rings is 1. The lowest BCUT2D eigenvalue weighted by molar-refractivity contribution is -0.0444. The van der Waals surface area contributed by atoms with E-state index in [1.807, 2.05) is 24.3 Å². The zero-order chi connectivity index (χ0) is 16.7. The van der Waals surface area contributed by atoms with Crippen LogP contribution in [-0.2, 0) is 0 Å². The maximum absolute atomic E-state index is 11.2. The van der Waals surface area contributed by atoms with E-state index in [0.29, 0.717) is 11.8 Å². The van der Waals surface area contributed by atoms with Crippen LogP contribution in [0.4, 0.5) is 0 Å². The number of aliphatic hydroxyl groups excluding tert-OH is 1. The number of piperidine rings is 3. The molecule has 2 bridgehead atoms. The summed E-state index contributed by atoms with van der Waals surface area (Å²) in [5, 5.41) is 12.1. The van der Waals surface area contributed by atoms with Crippen molar-refractivity contribution >= 4 is 10.9 Å². The quantitative estimate of drug-likeness (QED) is 0.878. The van der Waals surface area contributed by atoms with E-state index in [-0.39, 0.29) is 6.04 Å². The highest BCUT2D eigenvalue weighted by Crippen LogP contribution is 2.42. The molecule has 126 valence electrons. The Labute approximate surface area is 142 Å². The lowest BCUT2D eigenvalue weighted by Gasteiger charge is -2.50. The van der Waals surface area contributed by atoms with Gasteiger partial charge in [0.25, 0.3) is 0 Å². The molecule has 2 aromatic rings. The van der Waals surface area contributed by atoms with Gasteiger partial charge in [-0.25, -0.2) is 0 Å². The van der Waals surface area contributed by atoms with Gasteiger partial charge in [0, 0.05) is 24.2 Å². The number of nitrogens with zero attached hydrogens (tertiary/aromatic N) is 2. The van der Waals surface area contributed by atoms with Crippen molar-refractivity contribution in [2.45, 2.75) is 25.0 Å². The first-order valence-corrected chi connectivity index (χ1v) is 8.68. The number of aromatic nitrogens is 1. The zero-order valence-electron chi connectivity index (χ0n) is 14.1. The summed E-state index contributed by atoms with van der Waals surface area (Å²) >= 11 is 0. The fourth-order valence-corrected chi connectivity index (χ4v) is 4.44. The van der Waals surface area contributed by atoms with Gasteiger partial charge in [0.15, 0.2) is 0 Å². The smallest absolute Gasteiger partial charge is 0.119 e. The minimum absolute atomic E-state index is 0.178. The number of ether oxygens (including phenoxy) is 1. The van der Waals surface area contributed by atoms with Crippen molar-refractivity contribution in [1.29, 1.82) is 0 Å². The Hall–Kier alpha value is -1.91. The number of hydrogen-bond donors (Lipinski definition) is 1. The third-order valence-electron chi connectivity index (χ3n) is 5.82. The topological polar surface area (TPSA) is 45.6 Å². The summed E-state index contributed by atoms with van der Waals surface area (Å²) in [5.41, 5.74) is 1.85. The van der Waals surface area contributed by atoms with Crippen molar-refractivity contribution in [2.24, 2.45) is 11.8 Å². The Morgan fingerprint density at radius 2 is 2.29 bits per heavy atom. The Kier molecular flexibility index (Phi) is 4.02. The molecule has 1 aromatic carbocycles. The maximum Gasteiger partial charge on any atom is 0.119 e. The van der Waals surface area contributed by atoms with E-state index in [1.54, 1.807) is 13.3 Å². The van der Waals surface area contributed by atoms with Gasteiger partial charge in [-0.3, -0.25) is 9.88 Å². The molecule has 5 atom stereocenters. The van der Waals surface area contributed by atoms with Gasteiger partial charge in [-0.1, -0.05) is 6.08 Å². The summed E-state index contributed by atoms with van der Waals surface area (Å²) in [6.45, 7) is 6.07. The van der Waals surface area contributed by atoms with Gasteiger partial charge in [0.2, 0.25) is 0 Å². The minimum atomic E-state index is -0.504. The molecule has 0 spiro atoms. The Morgan fingerprint density at radius 3 is 3.00 bits per heavy atom. The molecule has 4 heterocycles. The summed E-state index contributed by atoms with van der Waals surface area (Å²) in [6.07, 6.45) is 5.62. The predicted molar refractivity (Wildman–Crippen MR) is 95.0 cm³/mol. The second kappa shape index (κ2) is 6.19. The van der Waals surface area contributed by atoms with Crippen molar-refractivity contribution in [1.82, 2.24) is 9.88 Å². The Morgan fingerprint density at radius 1 is 1.42 bits per heavy atom. The third-order valence-corrected chi connectivity index (χ3v) is 5.82. The monoisotopic (exact) mass is 324 g/mol. The van der Waals surface area contributed by atoms with Crippen LogP contribution in [-0.4, -0.2) is 41.2 Å². The molecule has 4 heteroatoms. The highest BCUT2D eigenvalue weighted by Gasteiger charge is 2.42. The molecule has 3 fully saturated rings. The SMILES string of the molecule is C=C[C@@H]1CN2CCC1C[C@@H]2C(O)c1ccnc2ccc(OC)cc12. The van der Waals surface area contributed by atoms with Crippen LogP contribution in [0.15, 0.2) is 43.1 Å². The molecular formula is C20H24N2O2. The van der Waals surface area contributed by atoms with Crippen LogP contribution in [0.1, 0.15) is 24.5 Å². The van der Waals surface area contributed by atoms with Gasteiger partial charge >= 0.3 is 0 Å². The van der Waals surface area contributed by atoms with Gasteiger partial charge in [0.05, 0.1) is 18.7 Å². The van der Waals surface area contributed by atoms with Crippen molar-refractivity contribution in [2.75, 3.05) is 20.2 Å². The van der Waals surface area contributed by atoms with Crippen LogP contribution < -0.4 is 4.74 Å². The van der Waals surface area contributed by atoms with Crippen LogP contribution in [0.5, 0.6) is 5.75 Å². The van der Waals surface area contributed by atoms with Crippen molar-refractivity contribution in [3.63, 3.8) is 0 Å². The van der Waals surface area contributed by atoms with E-state index in [2.05, 4.69) is 22.5 Å². The molecule has 24 heavy (non-hydrogen) atoms. The molecule has 0 radical (unpaired) electrons. The fourth-order valence-electron chi connectivity index (χ4n) is 4.44. The molecule has 0 saturated carbocycles. The molecule has 0 amide bonds. The molecule has 3 unspecified atom stereocenters. The van der Waals surface area contributed by atoms with E-state index >= 15 is 0 Å². The second-order valence-corrected chi connectivity index (χ2v) is 6.97. The van der Waals surface area contributed by atoms with Gasteiger partial charge < -0.3 is 9.84 Å². The van der Waals surface area contributed by atoms with Crippen LogP contribution in [0.2, 0.25) is 0 Å². The van der Waals surface area contributed by atoms with E-state index in [0.717, 1.165) is 41.7 Å². The minimum Gasteiger partial charge on any atom is -0.497 e. The van der Waals surface area contributed by atoms with Crippen molar-refractivity contribution in [3.05, 3.63) is 48.7 Å². The lowest BCUT2D eigenvalue weighted by Crippen LogP contribution is -2.54. The molecule has 3 aliphatic rings. The third kappa shape index (κ3) is 2.50. The number of rotatable bonds is 4. The molecule has 1 N–H and O–H groups in total. The van der Waals surface area contributed by atoms with Crippen LogP contribution in [0, 0.1) is 11.8 Å². The number of aliphatic hydroxyl groups is 1. The van der Waals surface area contributed by atoms with Gasteiger partial charge in [-0.2, -0.15) is 0 Å². The molecule has 5 rings (SSSR count). The lowest BCUT2D eigenvalue weighted by atomic mass is 9.73. The van der Waals surface area contributed by atoms with Crippen molar-refractivity contribution in [3.8, 4) is 5.75 Å². The first kappa shape index (κ1) is 15.6. The summed E-state index contributed by atoms with van der Waals surface area (Å²) in [6, 6.07) is 7.96. The van der Waals surface area contributed by atoms with Crippen LogP contribution >= 0.6 is 0 Å². The molecule has 1 aromatic heterocycles. The Balaban J connectivity index is 1.69.